The van der Waals surface area contributed by atoms with Gasteiger partial charge in [0, 0.05) is 17.8 Å². The Kier molecular flexibility index (Phi) is 5.04. The molecule has 126 valence electrons. The van der Waals surface area contributed by atoms with Crippen molar-refractivity contribution >= 4 is 17.2 Å². The summed E-state index contributed by atoms with van der Waals surface area (Å²) >= 11 is 0. The minimum absolute atomic E-state index is 0.114. The van der Waals surface area contributed by atoms with Gasteiger partial charge in [0.2, 0.25) is 0 Å². The first-order chi connectivity index (χ1) is 11.7. The summed E-state index contributed by atoms with van der Waals surface area (Å²) in [5.74, 6) is 0.947. The predicted molar refractivity (Wildman–Crippen MR) is 98.3 cm³/mol. The maximum absolute atomic E-state index is 12.7. The van der Waals surface area contributed by atoms with Gasteiger partial charge in [0.25, 0.3) is 0 Å². The van der Waals surface area contributed by atoms with Gasteiger partial charge in [-0.2, -0.15) is 0 Å². The molecule has 0 saturated heterocycles. The van der Waals surface area contributed by atoms with Crippen LogP contribution in [0.5, 0.6) is 5.75 Å². The van der Waals surface area contributed by atoms with Gasteiger partial charge in [-0.25, -0.2) is 0 Å². The molecule has 4 nitrogen and oxygen atoms in total. The van der Waals surface area contributed by atoms with Crippen LogP contribution < -0.4 is 15.0 Å². The maximum atomic E-state index is 12.7. The minimum Gasteiger partial charge on any atom is -0.486 e. The van der Waals surface area contributed by atoms with Crippen LogP contribution in [0.1, 0.15) is 30.6 Å². The number of hydrogen-bond donors (Lipinski definition) is 1. The number of nitrogens with one attached hydrogen (secondary N) is 1. The second-order valence-electron chi connectivity index (χ2n) is 6.01. The number of nitrogens with zero attached hydrogens (tertiary/aromatic N) is 1. The topological polar surface area (TPSA) is 41.6 Å². The standard InChI is InChI=1S/C20H24N2O2/c1-3-17-13-21-18-12-15(10-11-20(18)24-17)19(23)14-22(4-2)16-8-6-5-7-9-16/h5-12,17,21H,3-4,13-14H2,1-2H3. The van der Waals surface area contributed by atoms with E-state index in [1.165, 1.54) is 0 Å². The summed E-state index contributed by atoms with van der Waals surface area (Å²) in [6, 6.07) is 15.7. The zero-order chi connectivity index (χ0) is 16.9. The number of ketones is 1. The van der Waals surface area contributed by atoms with Crippen molar-refractivity contribution in [1.82, 2.24) is 0 Å². The highest BCUT2D eigenvalue weighted by atomic mass is 16.5. The van der Waals surface area contributed by atoms with Gasteiger partial charge in [-0.15, -0.1) is 0 Å². The van der Waals surface area contributed by atoms with Gasteiger partial charge in [0.15, 0.2) is 5.78 Å². The summed E-state index contributed by atoms with van der Waals surface area (Å²) in [5, 5.41) is 3.37. The van der Waals surface area contributed by atoms with Crippen molar-refractivity contribution in [1.29, 1.82) is 0 Å². The summed E-state index contributed by atoms with van der Waals surface area (Å²) in [7, 11) is 0. The maximum Gasteiger partial charge on any atom is 0.182 e. The number of carbonyl (C=O) groups is 1. The third-order valence-corrected chi connectivity index (χ3v) is 4.41. The monoisotopic (exact) mass is 324 g/mol. The number of ether oxygens (including phenoxy) is 1. The lowest BCUT2D eigenvalue weighted by Gasteiger charge is -2.27. The summed E-state index contributed by atoms with van der Waals surface area (Å²) in [6.45, 7) is 6.12. The fourth-order valence-electron chi connectivity index (χ4n) is 2.91. The second-order valence-corrected chi connectivity index (χ2v) is 6.01. The lowest BCUT2D eigenvalue weighted by Crippen LogP contribution is -2.31. The van der Waals surface area contributed by atoms with E-state index >= 15 is 0 Å². The van der Waals surface area contributed by atoms with Crippen LogP contribution in [-0.2, 0) is 0 Å². The third-order valence-electron chi connectivity index (χ3n) is 4.41. The Labute approximate surface area is 143 Å². The summed E-state index contributed by atoms with van der Waals surface area (Å²) in [6.07, 6.45) is 1.17. The van der Waals surface area contributed by atoms with E-state index in [9.17, 15) is 4.79 Å². The fraction of sp³-hybridized carbons (Fsp3) is 0.350. The molecular weight excluding hydrogens is 300 g/mol. The first kappa shape index (κ1) is 16.4. The quantitative estimate of drug-likeness (QED) is 0.816. The van der Waals surface area contributed by atoms with Crippen LogP contribution in [0.3, 0.4) is 0 Å². The van der Waals surface area contributed by atoms with Gasteiger partial charge >= 0.3 is 0 Å². The summed E-state index contributed by atoms with van der Waals surface area (Å²) in [5.41, 5.74) is 2.70. The number of fused-ring (bicyclic) bond motifs is 1. The van der Waals surface area contributed by atoms with E-state index in [-0.39, 0.29) is 11.9 Å². The zero-order valence-corrected chi connectivity index (χ0v) is 14.3. The zero-order valence-electron chi connectivity index (χ0n) is 14.3. The lowest BCUT2D eigenvalue weighted by molar-refractivity contribution is 0.0999. The second kappa shape index (κ2) is 7.39. The molecule has 0 aliphatic carbocycles. The molecule has 1 heterocycles. The highest BCUT2D eigenvalue weighted by molar-refractivity contribution is 6.00. The molecular formula is C20H24N2O2. The Morgan fingerprint density at radius 1 is 1.21 bits per heavy atom. The number of benzene rings is 2. The van der Waals surface area contributed by atoms with Gasteiger partial charge in [-0.05, 0) is 43.7 Å². The Bertz CT molecular complexity index is 700. The molecule has 0 fully saturated rings. The molecule has 0 bridgehead atoms. The molecule has 1 atom stereocenters. The van der Waals surface area contributed by atoms with Crippen molar-refractivity contribution in [3.8, 4) is 5.75 Å². The highest BCUT2D eigenvalue weighted by Gasteiger charge is 2.20. The van der Waals surface area contributed by atoms with Crippen LogP contribution in [0.2, 0.25) is 0 Å². The van der Waals surface area contributed by atoms with Crippen molar-refractivity contribution in [2.24, 2.45) is 0 Å². The SMILES string of the molecule is CCC1CNc2cc(C(=O)CN(CC)c3ccccc3)ccc2O1. The predicted octanol–water partition coefficient (Wildman–Crippen LogP) is 3.98. The van der Waals surface area contributed by atoms with Crippen LogP contribution in [0.4, 0.5) is 11.4 Å². The van der Waals surface area contributed by atoms with Crippen LogP contribution in [-0.4, -0.2) is 31.5 Å². The number of likely N-dealkylation sites (N-methyl/N-ethyl adjacent to an activating group) is 1. The lowest BCUT2D eigenvalue weighted by atomic mass is 10.1. The molecule has 4 heteroatoms. The van der Waals surface area contributed by atoms with Gasteiger partial charge in [-0.3, -0.25) is 4.79 Å². The number of rotatable bonds is 6. The van der Waals surface area contributed by atoms with E-state index in [0.717, 1.165) is 36.6 Å². The molecule has 0 spiro atoms. The van der Waals surface area contributed by atoms with E-state index < -0.39 is 0 Å². The number of carbonyl (C=O) groups excluding carboxylic acids is 1. The van der Waals surface area contributed by atoms with Gasteiger partial charge < -0.3 is 15.0 Å². The molecule has 1 aliphatic rings. The van der Waals surface area contributed by atoms with Crippen molar-refractivity contribution in [2.45, 2.75) is 26.4 Å². The molecule has 24 heavy (non-hydrogen) atoms. The van der Waals surface area contributed by atoms with Crippen LogP contribution in [0.15, 0.2) is 48.5 Å². The van der Waals surface area contributed by atoms with Crippen molar-refractivity contribution in [2.75, 3.05) is 29.9 Å². The average Bonchev–Trinajstić information content (AvgIpc) is 2.65. The van der Waals surface area contributed by atoms with Crippen molar-refractivity contribution in [3.05, 3.63) is 54.1 Å². The van der Waals surface area contributed by atoms with E-state index in [2.05, 4.69) is 24.1 Å². The van der Waals surface area contributed by atoms with Crippen molar-refractivity contribution < 1.29 is 9.53 Å². The smallest absolute Gasteiger partial charge is 0.182 e. The largest absolute Gasteiger partial charge is 0.486 e. The Morgan fingerprint density at radius 2 is 2.00 bits per heavy atom. The molecule has 2 aromatic rings. The highest BCUT2D eigenvalue weighted by Crippen LogP contribution is 2.31. The Hall–Kier alpha value is -2.49. The van der Waals surface area contributed by atoms with Gasteiger partial charge in [0.1, 0.15) is 11.9 Å². The molecule has 3 rings (SSSR count). The molecule has 0 radical (unpaired) electrons. The Balaban J connectivity index is 1.73. The molecule has 0 saturated carbocycles. The molecule has 0 aromatic heterocycles. The first-order valence-electron chi connectivity index (χ1n) is 8.59. The van der Waals surface area contributed by atoms with Gasteiger partial charge in [-0.1, -0.05) is 25.1 Å². The van der Waals surface area contributed by atoms with Crippen LogP contribution in [0, 0.1) is 0 Å². The van der Waals surface area contributed by atoms with E-state index in [4.69, 9.17) is 4.74 Å². The summed E-state index contributed by atoms with van der Waals surface area (Å²) < 4.78 is 5.90. The number of para-hydroxylation sites is 1. The molecule has 1 N–H and O–H groups in total. The minimum atomic E-state index is 0.114. The van der Waals surface area contributed by atoms with E-state index in [1.54, 1.807) is 0 Å². The number of hydrogen-bond acceptors (Lipinski definition) is 4. The van der Waals surface area contributed by atoms with Crippen molar-refractivity contribution in [3.63, 3.8) is 0 Å². The van der Waals surface area contributed by atoms with Crippen LogP contribution in [0.25, 0.3) is 0 Å². The fourth-order valence-corrected chi connectivity index (χ4v) is 2.91. The molecule has 1 unspecified atom stereocenters. The first-order valence-corrected chi connectivity index (χ1v) is 8.59. The van der Waals surface area contributed by atoms with E-state index in [1.807, 2.05) is 48.5 Å². The summed E-state index contributed by atoms with van der Waals surface area (Å²) in [4.78, 5) is 14.8. The van der Waals surface area contributed by atoms with Crippen LogP contribution >= 0.6 is 0 Å². The molecule has 1 aliphatic heterocycles. The number of anilines is 2. The molecule has 0 amide bonds. The van der Waals surface area contributed by atoms with E-state index in [0.29, 0.717) is 12.1 Å². The molecule has 2 aromatic carbocycles. The Morgan fingerprint density at radius 3 is 2.71 bits per heavy atom. The normalized spacial score (nSPS) is 15.8. The van der Waals surface area contributed by atoms with Gasteiger partial charge in [0.05, 0.1) is 18.8 Å². The average molecular weight is 324 g/mol. The number of Topliss-reactive ketones (excluding diaryl/α,β-unsaturated/α-hetero) is 1. The third kappa shape index (κ3) is 3.53.